The lowest BCUT2D eigenvalue weighted by molar-refractivity contribution is -0.199. The predicted molar refractivity (Wildman–Crippen MR) is 138 cm³/mol. The molecule has 0 aliphatic heterocycles. The van der Waals surface area contributed by atoms with Gasteiger partial charge in [0.15, 0.2) is 11.4 Å². The van der Waals surface area contributed by atoms with Crippen LogP contribution in [0, 0.1) is 17.8 Å². The number of ketones is 2. The molecule has 2 saturated carbocycles. The fourth-order valence-corrected chi connectivity index (χ4v) is 7.01. The van der Waals surface area contributed by atoms with Gasteiger partial charge < -0.3 is 35.7 Å². The van der Waals surface area contributed by atoms with E-state index in [-0.39, 0.29) is 16.9 Å². The Balaban J connectivity index is 1.90. The SMILES string of the molecule is CCCC(C)(C)NC(=O)C1C(=O)[C@@]2(O)C(=O)C3=C(O)c4c(O)cccc4[C@H](C)[C@H]3[C@H](O)[C@H]2[C@H](N(C)C)C1O. The molecule has 2 unspecified atom stereocenters. The van der Waals surface area contributed by atoms with Crippen LogP contribution < -0.4 is 5.32 Å². The first-order chi connectivity index (χ1) is 17.6. The third-order valence-corrected chi connectivity index (χ3v) is 8.67. The van der Waals surface area contributed by atoms with Gasteiger partial charge in [0.1, 0.15) is 17.4 Å². The van der Waals surface area contributed by atoms with E-state index in [0.717, 1.165) is 6.42 Å². The van der Waals surface area contributed by atoms with Crippen LogP contribution in [0.5, 0.6) is 5.75 Å². The van der Waals surface area contributed by atoms with Crippen molar-refractivity contribution in [1.82, 2.24) is 10.2 Å². The van der Waals surface area contributed by atoms with Crippen molar-refractivity contribution < 1.29 is 39.9 Å². The second kappa shape index (κ2) is 9.44. The molecule has 3 aliphatic carbocycles. The van der Waals surface area contributed by atoms with Crippen molar-refractivity contribution in [3.8, 4) is 5.75 Å². The smallest absolute Gasteiger partial charge is 0.233 e. The largest absolute Gasteiger partial charge is 0.507 e. The Kier molecular flexibility index (Phi) is 7.01. The molecule has 0 aromatic heterocycles. The number of hydrogen-bond acceptors (Lipinski definition) is 9. The molecule has 38 heavy (non-hydrogen) atoms. The van der Waals surface area contributed by atoms with Crippen molar-refractivity contribution in [3.63, 3.8) is 0 Å². The van der Waals surface area contributed by atoms with E-state index in [9.17, 15) is 39.9 Å². The van der Waals surface area contributed by atoms with Gasteiger partial charge in [0, 0.05) is 29.0 Å². The fraction of sp³-hybridized carbons (Fsp3) is 0.607. The van der Waals surface area contributed by atoms with Gasteiger partial charge in [-0.05, 0) is 51.9 Å². The second-order valence-corrected chi connectivity index (χ2v) is 11.8. The molecule has 2 fully saturated rings. The Hall–Kier alpha value is -2.79. The molecular formula is C28H38N2O8. The highest BCUT2D eigenvalue weighted by atomic mass is 16.3. The third-order valence-electron chi connectivity index (χ3n) is 8.67. The quantitative estimate of drug-likeness (QED) is 0.303. The normalized spacial score (nSPS) is 35.1. The molecule has 1 aromatic rings. The summed E-state index contributed by atoms with van der Waals surface area (Å²) in [5.74, 6) is -9.00. The van der Waals surface area contributed by atoms with E-state index >= 15 is 0 Å². The van der Waals surface area contributed by atoms with E-state index in [1.807, 2.05) is 6.92 Å². The summed E-state index contributed by atoms with van der Waals surface area (Å²) in [4.78, 5) is 42.9. The molecule has 8 atom stereocenters. The van der Waals surface area contributed by atoms with Crippen LogP contribution >= 0.6 is 0 Å². The van der Waals surface area contributed by atoms with Crippen molar-refractivity contribution in [1.29, 1.82) is 0 Å². The Morgan fingerprint density at radius 2 is 1.76 bits per heavy atom. The minimum absolute atomic E-state index is 0.00286. The lowest BCUT2D eigenvalue weighted by Crippen LogP contribution is -2.77. The molecule has 0 heterocycles. The molecule has 0 radical (unpaired) electrons. The summed E-state index contributed by atoms with van der Waals surface area (Å²) in [5, 5.41) is 59.4. The van der Waals surface area contributed by atoms with Gasteiger partial charge in [-0.25, -0.2) is 0 Å². The number of aliphatic hydroxyl groups excluding tert-OH is 3. The van der Waals surface area contributed by atoms with Crippen LogP contribution in [0.25, 0.3) is 5.76 Å². The van der Waals surface area contributed by atoms with Gasteiger partial charge in [0.2, 0.25) is 11.7 Å². The number of fused-ring (bicyclic) bond motifs is 3. The Bertz CT molecular complexity index is 1210. The lowest BCUT2D eigenvalue weighted by atomic mass is 9.51. The monoisotopic (exact) mass is 530 g/mol. The van der Waals surface area contributed by atoms with Gasteiger partial charge in [0.25, 0.3) is 0 Å². The van der Waals surface area contributed by atoms with Crippen LogP contribution in [0.15, 0.2) is 23.8 Å². The standard InChI is InChI=1S/C28H38N2O8/c1-7-11-27(3,4)29-26(37)18-23(34)20(30(5)6)19-22(33)15-12(2)13-9-8-10-14(31)16(13)21(32)17(15)24(35)28(19,38)25(18)36/h8-10,12,15,18-20,22-23,31-34,38H,7,11H2,1-6H3,(H,29,37)/t12-,15+,18?,19+,20-,22-,23?,28-/m0/s1. The van der Waals surface area contributed by atoms with Crippen molar-refractivity contribution >= 4 is 23.2 Å². The van der Waals surface area contributed by atoms with Gasteiger partial charge >= 0.3 is 0 Å². The number of phenolic OH excluding ortho intramolecular Hbond substituents is 1. The maximum Gasteiger partial charge on any atom is 0.233 e. The molecule has 0 saturated heterocycles. The van der Waals surface area contributed by atoms with E-state index in [2.05, 4.69) is 5.32 Å². The van der Waals surface area contributed by atoms with Crippen LogP contribution in [0.3, 0.4) is 0 Å². The zero-order valence-corrected chi connectivity index (χ0v) is 22.6. The lowest BCUT2D eigenvalue weighted by Gasteiger charge is -2.56. The minimum atomic E-state index is -2.90. The molecule has 1 amide bonds. The molecule has 0 bridgehead atoms. The molecular weight excluding hydrogens is 492 g/mol. The van der Waals surface area contributed by atoms with Gasteiger partial charge in [-0.1, -0.05) is 32.4 Å². The Morgan fingerprint density at radius 3 is 2.34 bits per heavy atom. The van der Waals surface area contributed by atoms with Crippen molar-refractivity contribution in [2.75, 3.05) is 14.1 Å². The number of hydrogen-bond donors (Lipinski definition) is 6. The highest BCUT2D eigenvalue weighted by Gasteiger charge is 2.71. The number of likely N-dealkylation sites (N-methyl/N-ethyl adjacent to an activating group) is 1. The molecule has 1 aromatic carbocycles. The number of aliphatic hydroxyl groups is 4. The summed E-state index contributed by atoms with van der Waals surface area (Å²) in [7, 11) is 3.13. The summed E-state index contributed by atoms with van der Waals surface area (Å²) in [6.07, 6.45) is -1.85. The molecule has 3 aliphatic rings. The molecule has 10 heteroatoms. The fourth-order valence-electron chi connectivity index (χ4n) is 7.01. The van der Waals surface area contributed by atoms with Crippen molar-refractivity contribution in [3.05, 3.63) is 34.9 Å². The first-order valence-electron chi connectivity index (χ1n) is 13.0. The van der Waals surface area contributed by atoms with E-state index in [1.165, 1.54) is 11.0 Å². The molecule has 208 valence electrons. The average Bonchev–Trinajstić information content (AvgIpc) is 2.80. The number of amides is 1. The van der Waals surface area contributed by atoms with E-state index in [0.29, 0.717) is 12.0 Å². The van der Waals surface area contributed by atoms with Crippen molar-refractivity contribution in [2.45, 2.75) is 75.8 Å². The number of rotatable bonds is 5. The van der Waals surface area contributed by atoms with Crippen LogP contribution in [0.1, 0.15) is 57.6 Å². The first-order valence-corrected chi connectivity index (χ1v) is 13.0. The molecule has 10 nitrogen and oxygen atoms in total. The number of carbonyl (C=O) groups excluding carboxylic acids is 3. The third kappa shape index (κ3) is 3.88. The predicted octanol–water partition coefficient (Wildman–Crippen LogP) is 0.870. The zero-order valence-electron chi connectivity index (χ0n) is 22.6. The van der Waals surface area contributed by atoms with Crippen LogP contribution in [-0.4, -0.2) is 91.4 Å². The number of aromatic hydroxyl groups is 1. The highest BCUT2D eigenvalue weighted by molar-refractivity contribution is 6.25. The van der Waals surface area contributed by atoms with Gasteiger partial charge in [0.05, 0.1) is 17.8 Å². The molecule has 0 spiro atoms. The maximum absolute atomic E-state index is 14.1. The maximum atomic E-state index is 14.1. The van der Waals surface area contributed by atoms with Gasteiger partial charge in [-0.3, -0.25) is 14.4 Å². The van der Waals surface area contributed by atoms with Crippen LogP contribution in [0.2, 0.25) is 0 Å². The average molecular weight is 531 g/mol. The van der Waals surface area contributed by atoms with E-state index in [1.54, 1.807) is 47.0 Å². The summed E-state index contributed by atoms with van der Waals surface area (Å²) < 4.78 is 0. The number of carbonyl (C=O) groups is 3. The first kappa shape index (κ1) is 28.2. The Labute approximate surface area is 222 Å². The number of nitrogens with one attached hydrogen (secondary N) is 1. The number of benzene rings is 1. The molecule has 4 rings (SSSR count). The van der Waals surface area contributed by atoms with Gasteiger partial charge in [-0.15, -0.1) is 0 Å². The second-order valence-electron chi connectivity index (χ2n) is 11.8. The summed E-state index contributed by atoms with van der Waals surface area (Å²) >= 11 is 0. The number of phenols is 1. The minimum Gasteiger partial charge on any atom is -0.507 e. The Morgan fingerprint density at radius 1 is 1.13 bits per heavy atom. The topological polar surface area (TPSA) is 168 Å². The zero-order chi connectivity index (χ0) is 28.5. The highest BCUT2D eigenvalue weighted by Crippen LogP contribution is 2.55. The van der Waals surface area contributed by atoms with Crippen LogP contribution in [0.4, 0.5) is 0 Å². The van der Waals surface area contributed by atoms with E-state index < -0.39 is 76.3 Å². The summed E-state index contributed by atoms with van der Waals surface area (Å²) in [5.41, 5.74) is -3.50. The molecule has 6 N–H and O–H groups in total. The van der Waals surface area contributed by atoms with Gasteiger partial charge in [-0.2, -0.15) is 0 Å². The van der Waals surface area contributed by atoms with Crippen LogP contribution in [-0.2, 0) is 14.4 Å². The van der Waals surface area contributed by atoms with Crippen molar-refractivity contribution in [2.24, 2.45) is 17.8 Å². The summed E-state index contributed by atoms with van der Waals surface area (Å²) in [6.45, 7) is 7.19. The number of nitrogens with zero attached hydrogens (tertiary/aromatic N) is 1. The number of Topliss-reactive ketones (excluding diaryl/α,β-unsaturated/α-hetero) is 2. The summed E-state index contributed by atoms with van der Waals surface area (Å²) in [6, 6.07) is 3.43. The van der Waals surface area contributed by atoms with E-state index in [4.69, 9.17) is 0 Å².